The van der Waals surface area contributed by atoms with E-state index in [1.807, 2.05) is 4.90 Å². The molecule has 13 heteroatoms. The average molecular weight is 493 g/mol. The highest BCUT2D eigenvalue weighted by atomic mass is 32.2. The molecule has 5 rings (SSSR count). The SMILES string of the molecule is O=C(CSc1nnc(N2CCOCC2)n1-c1cccc(F)c1)Nc1ccc2c(c1)OC(F)(F)O2. The molecule has 178 valence electrons. The Kier molecular flexibility index (Phi) is 5.96. The van der Waals surface area contributed by atoms with E-state index in [-0.39, 0.29) is 22.9 Å². The number of ether oxygens (including phenoxy) is 3. The fraction of sp³-hybridized carbons (Fsp3) is 0.286. The first kappa shape index (κ1) is 22.3. The summed E-state index contributed by atoms with van der Waals surface area (Å²) in [6, 6.07) is 9.97. The topological polar surface area (TPSA) is 90.7 Å². The number of fused-ring (bicyclic) bond motifs is 1. The maximum absolute atomic E-state index is 13.9. The van der Waals surface area contributed by atoms with Gasteiger partial charge in [-0.1, -0.05) is 17.8 Å². The van der Waals surface area contributed by atoms with Gasteiger partial charge >= 0.3 is 6.29 Å². The quantitative estimate of drug-likeness (QED) is 0.524. The van der Waals surface area contributed by atoms with E-state index < -0.39 is 18.0 Å². The summed E-state index contributed by atoms with van der Waals surface area (Å²) in [4.78, 5) is 14.5. The van der Waals surface area contributed by atoms with Crippen LogP contribution in [0, 0.1) is 5.82 Å². The number of amides is 1. The van der Waals surface area contributed by atoms with E-state index in [1.54, 1.807) is 16.7 Å². The molecule has 0 unspecified atom stereocenters. The van der Waals surface area contributed by atoms with Crippen molar-refractivity contribution < 1.29 is 32.2 Å². The molecule has 2 aromatic carbocycles. The Balaban J connectivity index is 1.32. The summed E-state index contributed by atoms with van der Waals surface area (Å²) >= 11 is 1.11. The molecular formula is C21H18F3N5O4S. The lowest BCUT2D eigenvalue weighted by molar-refractivity contribution is -0.286. The summed E-state index contributed by atoms with van der Waals surface area (Å²) in [6.07, 6.45) is -3.74. The molecule has 34 heavy (non-hydrogen) atoms. The van der Waals surface area contributed by atoms with Crippen molar-refractivity contribution in [3.63, 3.8) is 0 Å². The molecule has 0 aliphatic carbocycles. The molecule has 1 N–H and O–H groups in total. The number of thioether (sulfide) groups is 1. The molecule has 1 fully saturated rings. The van der Waals surface area contributed by atoms with Gasteiger partial charge in [-0.3, -0.25) is 9.36 Å². The number of carbonyl (C=O) groups excluding carboxylic acids is 1. The number of aromatic nitrogens is 3. The molecule has 0 atom stereocenters. The van der Waals surface area contributed by atoms with Crippen molar-refractivity contribution in [3.05, 3.63) is 48.3 Å². The van der Waals surface area contributed by atoms with Crippen molar-refractivity contribution in [3.8, 4) is 17.2 Å². The number of anilines is 2. The van der Waals surface area contributed by atoms with Crippen LogP contribution in [-0.2, 0) is 9.53 Å². The van der Waals surface area contributed by atoms with Gasteiger partial charge < -0.3 is 24.4 Å². The van der Waals surface area contributed by atoms with E-state index in [4.69, 9.17) is 4.74 Å². The van der Waals surface area contributed by atoms with Crippen LogP contribution in [0.25, 0.3) is 5.69 Å². The maximum atomic E-state index is 13.9. The third-order valence-corrected chi connectivity index (χ3v) is 5.92. The van der Waals surface area contributed by atoms with Crippen molar-refractivity contribution in [2.24, 2.45) is 0 Å². The standard InChI is InChI=1S/C21H18F3N5O4S/c22-13-2-1-3-15(10-13)29-19(28-6-8-31-9-7-28)26-27-20(29)34-12-18(30)25-14-4-5-16-17(11-14)33-21(23,24)32-16/h1-5,10-11H,6-9,12H2,(H,25,30). The Hall–Kier alpha value is -3.45. The van der Waals surface area contributed by atoms with Crippen molar-refractivity contribution in [2.75, 3.05) is 42.3 Å². The summed E-state index contributed by atoms with van der Waals surface area (Å²) in [7, 11) is 0. The molecule has 2 aliphatic rings. The van der Waals surface area contributed by atoms with E-state index >= 15 is 0 Å². The largest absolute Gasteiger partial charge is 0.586 e. The molecule has 0 spiro atoms. The van der Waals surface area contributed by atoms with Crippen molar-refractivity contribution in [1.29, 1.82) is 0 Å². The zero-order chi connectivity index (χ0) is 23.7. The van der Waals surface area contributed by atoms with Crippen LogP contribution in [0.4, 0.5) is 24.8 Å². The third kappa shape index (κ3) is 4.75. The highest BCUT2D eigenvalue weighted by Gasteiger charge is 2.43. The summed E-state index contributed by atoms with van der Waals surface area (Å²) in [5.41, 5.74) is 0.789. The van der Waals surface area contributed by atoms with Crippen LogP contribution >= 0.6 is 11.8 Å². The van der Waals surface area contributed by atoms with E-state index in [0.29, 0.717) is 43.1 Å². The minimum Gasteiger partial charge on any atom is -0.395 e. The van der Waals surface area contributed by atoms with Crippen molar-refractivity contribution in [2.45, 2.75) is 11.5 Å². The molecule has 3 aromatic rings. The van der Waals surface area contributed by atoms with Gasteiger partial charge in [0.25, 0.3) is 0 Å². The number of hydrogen-bond acceptors (Lipinski definition) is 8. The number of benzene rings is 2. The second-order valence-corrected chi connectivity index (χ2v) is 8.31. The predicted molar refractivity (Wildman–Crippen MR) is 116 cm³/mol. The number of rotatable bonds is 6. The van der Waals surface area contributed by atoms with Gasteiger partial charge in [-0.05, 0) is 30.3 Å². The van der Waals surface area contributed by atoms with Gasteiger partial charge in [0.2, 0.25) is 11.9 Å². The summed E-state index contributed by atoms with van der Waals surface area (Å²) in [5, 5.41) is 11.5. The van der Waals surface area contributed by atoms with Crippen molar-refractivity contribution >= 4 is 29.3 Å². The van der Waals surface area contributed by atoms with Crippen LogP contribution in [-0.4, -0.2) is 59.0 Å². The van der Waals surface area contributed by atoms with Crippen LogP contribution in [0.15, 0.2) is 47.6 Å². The van der Waals surface area contributed by atoms with Gasteiger partial charge in [0.15, 0.2) is 16.7 Å². The van der Waals surface area contributed by atoms with Gasteiger partial charge in [-0.15, -0.1) is 19.0 Å². The van der Waals surface area contributed by atoms with Crippen LogP contribution in [0.1, 0.15) is 0 Å². The Bertz CT molecular complexity index is 1220. The number of halogens is 3. The second kappa shape index (κ2) is 9.06. The molecule has 0 bridgehead atoms. The van der Waals surface area contributed by atoms with Crippen LogP contribution in [0.5, 0.6) is 11.5 Å². The number of alkyl halides is 2. The number of nitrogens with one attached hydrogen (secondary N) is 1. The molecule has 9 nitrogen and oxygen atoms in total. The Labute approximate surface area is 195 Å². The third-order valence-electron chi connectivity index (χ3n) is 4.99. The average Bonchev–Trinajstić information content (AvgIpc) is 3.37. The highest BCUT2D eigenvalue weighted by Crippen LogP contribution is 2.42. The van der Waals surface area contributed by atoms with E-state index in [0.717, 1.165) is 11.8 Å². The van der Waals surface area contributed by atoms with Gasteiger partial charge in [0.1, 0.15) is 5.82 Å². The Morgan fingerprint density at radius 3 is 2.68 bits per heavy atom. The van der Waals surface area contributed by atoms with Crippen LogP contribution in [0.2, 0.25) is 0 Å². The van der Waals surface area contributed by atoms with Gasteiger partial charge in [0.05, 0.1) is 24.7 Å². The van der Waals surface area contributed by atoms with E-state index in [2.05, 4.69) is 25.0 Å². The number of carbonyl (C=O) groups is 1. The summed E-state index contributed by atoms with van der Waals surface area (Å²) in [5.74, 6) is -0.638. The first-order valence-corrected chi connectivity index (χ1v) is 11.2. The number of nitrogens with zero attached hydrogens (tertiary/aromatic N) is 4. The monoisotopic (exact) mass is 493 g/mol. The Morgan fingerprint density at radius 1 is 1.09 bits per heavy atom. The van der Waals surface area contributed by atoms with E-state index in [9.17, 15) is 18.0 Å². The second-order valence-electron chi connectivity index (χ2n) is 7.36. The number of hydrogen-bond donors (Lipinski definition) is 1. The van der Waals surface area contributed by atoms with Crippen LogP contribution in [0.3, 0.4) is 0 Å². The molecule has 2 aliphatic heterocycles. The highest BCUT2D eigenvalue weighted by molar-refractivity contribution is 7.99. The smallest absolute Gasteiger partial charge is 0.395 e. The van der Waals surface area contributed by atoms with E-state index in [1.165, 1.54) is 30.3 Å². The van der Waals surface area contributed by atoms with Gasteiger partial charge in [-0.25, -0.2) is 4.39 Å². The van der Waals surface area contributed by atoms with Gasteiger partial charge in [0, 0.05) is 24.8 Å². The van der Waals surface area contributed by atoms with Crippen LogP contribution < -0.4 is 19.7 Å². The normalized spacial score (nSPS) is 16.5. The fourth-order valence-electron chi connectivity index (χ4n) is 3.52. The maximum Gasteiger partial charge on any atom is 0.586 e. The molecule has 1 aromatic heterocycles. The zero-order valence-electron chi connectivity index (χ0n) is 17.5. The minimum atomic E-state index is -3.74. The molecule has 1 amide bonds. The lowest BCUT2D eigenvalue weighted by Gasteiger charge is -2.27. The lowest BCUT2D eigenvalue weighted by atomic mass is 10.3. The first-order chi connectivity index (χ1) is 16.4. The molecule has 0 radical (unpaired) electrons. The van der Waals surface area contributed by atoms with Gasteiger partial charge in [-0.2, -0.15) is 0 Å². The summed E-state index contributed by atoms with van der Waals surface area (Å²) in [6.45, 7) is 2.26. The lowest BCUT2D eigenvalue weighted by Crippen LogP contribution is -2.37. The molecule has 1 saturated heterocycles. The molecular weight excluding hydrogens is 475 g/mol. The molecule has 0 saturated carbocycles. The first-order valence-electron chi connectivity index (χ1n) is 10.2. The molecule has 3 heterocycles. The predicted octanol–water partition coefficient (Wildman–Crippen LogP) is 3.30. The minimum absolute atomic E-state index is 0.0544. The Morgan fingerprint density at radius 2 is 1.88 bits per heavy atom. The number of morpholine rings is 1. The fourth-order valence-corrected chi connectivity index (χ4v) is 4.27. The van der Waals surface area contributed by atoms with Crippen molar-refractivity contribution in [1.82, 2.24) is 14.8 Å². The zero-order valence-corrected chi connectivity index (χ0v) is 18.4. The summed E-state index contributed by atoms with van der Waals surface area (Å²) < 4.78 is 56.2.